The zero-order valence-electron chi connectivity index (χ0n) is 26.0. The highest BCUT2D eigenvalue weighted by atomic mass is 15.1. The summed E-state index contributed by atoms with van der Waals surface area (Å²) in [6.45, 7) is 0. The van der Waals surface area contributed by atoms with Crippen LogP contribution in [0.5, 0.6) is 0 Å². The maximum absolute atomic E-state index is 2.38. The number of hydrogen-bond donors (Lipinski definition) is 0. The topological polar surface area (TPSA) is 3.24 Å². The number of anilines is 3. The summed E-state index contributed by atoms with van der Waals surface area (Å²) in [7, 11) is 0. The van der Waals surface area contributed by atoms with Crippen molar-refractivity contribution < 1.29 is 0 Å². The van der Waals surface area contributed by atoms with Crippen molar-refractivity contribution in [2.24, 2.45) is 0 Å². The molecule has 8 rings (SSSR count). The van der Waals surface area contributed by atoms with Crippen LogP contribution in [-0.2, 0) is 0 Å². The van der Waals surface area contributed by atoms with Crippen LogP contribution in [0.4, 0.5) is 17.1 Å². The Morgan fingerprint density at radius 3 is 1.43 bits per heavy atom. The fraction of sp³-hybridized carbons (Fsp3) is 0.111. The quantitative estimate of drug-likeness (QED) is 0.178. The van der Waals surface area contributed by atoms with E-state index in [0.29, 0.717) is 5.92 Å². The Kier molecular flexibility index (Phi) is 7.66. The van der Waals surface area contributed by atoms with Gasteiger partial charge in [-0.1, -0.05) is 146 Å². The van der Waals surface area contributed by atoms with Crippen molar-refractivity contribution in [2.75, 3.05) is 4.90 Å². The third kappa shape index (κ3) is 5.61. The number of hydrogen-bond acceptors (Lipinski definition) is 1. The van der Waals surface area contributed by atoms with Gasteiger partial charge in [0, 0.05) is 17.1 Å². The minimum atomic E-state index is 0.704. The molecule has 0 heterocycles. The van der Waals surface area contributed by atoms with Gasteiger partial charge in [-0.2, -0.15) is 0 Å². The van der Waals surface area contributed by atoms with Gasteiger partial charge in [0.2, 0.25) is 0 Å². The molecule has 1 aliphatic carbocycles. The molecule has 0 unspecified atom stereocenters. The van der Waals surface area contributed by atoms with Crippen LogP contribution in [0.2, 0.25) is 0 Å². The van der Waals surface area contributed by atoms with Gasteiger partial charge in [0.1, 0.15) is 0 Å². The van der Waals surface area contributed by atoms with Gasteiger partial charge >= 0.3 is 0 Å². The molecule has 46 heavy (non-hydrogen) atoms. The molecule has 0 spiro atoms. The smallest absolute Gasteiger partial charge is 0.0462 e. The lowest BCUT2D eigenvalue weighted by molar-refractivity contribution is 0.723. The van der Waals surface area contributed by atoms with Gasteiger partial charge in [-0.3, -0.25) is 0 Å². The van der Waals surface area contributed by atoms with Crippen molar-refractivity contribution in [3.8, 4) is 33.4 Å². The standard InChI is InChI=1S/C45H37N/c1-2-9-33(10-3-1)35-17-19-36(20-18-35)38-23-29-42(30-24-38)46(41-27-21-37(22-28-41)34-11-4-5-12-34)43-31-25-40(26-32-43)45-16-8-14-39-13-6-7-15-44(39)45/h1-3,6-10,13-32,34H,4-5,11-12H2. The lowest BCUT2D eigenvalue weighted by Gasteiger charge is -2.26. The molecule has 0 N–H and O–H groups in total. The number of rotatable bonds is 7. The van der Waals surface area contributed by atoms with E-state index in [1.54, 1.807) is 0 Å². The molecule has 0 aliphatic heterocycles. The zero-order valence-corrected chi connectivity index (χ0v) is 26.0. The van der Waals surface area contributed by atoms with E-state index in [4.69, 9.17) is 0 Å². The summed E-state index contributed by atoms with van der Waals surface area (Å²) in [5, 5.41) is 2.55. The largest absolute Gasteiger partial charge is 0.311 e. The molecule has 222 valence electrons. The van der Waals surface area contributed by atoms with E-state index in [1.807, 2.05) is 0 Å². The van der Waals surface area contributed by atoms with Crippen molar-refractivity contribution in [3.05, 3.63) is 175 Å². The molecule has 7 aromatic carbocycles. The molecule has 1 saturated carbocycles. The molecule has 1 aliphatic rings. The summed E-state index contributed by atoms with van der Waals surface area (Å²) in [5.74, 6) is 0.704. The summed E-state index contributed by atoms with van der Waals surface area (Å²) in [4.78, 5) is 2.38. The highest BCUT2D eigenvalue weighted by Gasteiger charge is 2.18. The average molecular weight is 592 g/mol. The monoisotopic (exact) mass is 591 g/mol. The minimum absolute atomic E-state index is 0.704. The summed E-state index contributed by atoms with van der Waals surface area (Å²) in [5.41, 5.74) is 12.4. The van der Waals surface area contributed by atoms with Crippen LogP contribution in [-0.4, -0.2) is 0 Å². The number of fused-ring (bicyclic) bond motifs is 1. The van der Waals surface area contributed by atoms with Crippen LogP contribution in [0, 0.1) is 0 Å². The van der Waals surface area contributed by atoms with Gasteiger partial charge in [0.25, 0.3) is 0 Å². The van der Waals surface area contributed by atoms with Crippen molar-refractivity contribution in [2.45, 2.75) is 31.6 Å². The van der Waals surface area contributed by atoms with E-state index >= 15 is 0 Å². The van der Waals surface area contributed by atoms with Crippen LogP contribution in [0.1, 0.15) is 37.2 Å². The second-order valence-electron chi connectivity index (χ2n) is 12.5. The Morgan fingerprint density at radius 2 is 0.826 bits per heavy atom. The maximum atomic E-state index is 2.38. The van der Waals surface area contributed by atoms with E-state index < -0.39 is 0 Å². The lowest BCUT2D eigenvalue weighted by atomic mass is 9.97. The Bertz CT molecular complexity index is 2050. The fourth-order valence-corrected chi connectivity index (χ4v) is 7.16. The van der Waals surface area contributed by atoms with E-state index in [-0.39, 0.29) is 0 Å². The summed E-state index contributed by atoms with van der Waals surface area (Å²) in [6.07, 6.45) is 5.32. The zero-order chi connectivity index (χ0) is 30.7. The minimum Gasteiger partial charge on any atom is -0.311 e. The third-order valence-corrected chi connectivity index (χ3v) is 9.65. The average Bonchev–Trinajstić information content (AvgIpc) is 3.68. The Hall–Kier alpha value is -5.40. The summed E-state index contributed by atoms with van der Waals surface area (Å²) in [6, 6.07) is 62.0. The van der Waals surface area contributed by atoms with E-state index in [0.717, 1.165) is 11.4 Å². The van der Waals surface area contributed by atoms with Crippen LogP contribution in [0.3, 0.4) is 0 Å². The van der Waals surface area contributed by atoms with Crippen molar-refractivity contribution in [3.63, 3.8) is 0 Å². The molecule has 0 aromatic heterocycles. The van der Waals surface area contributed by atoms with Crippen molar-refractivity contribution in [1.82, 2.24) is 0 Å². The van der Waals surface area contributed by atoms with Crippen LogP contribution < -0.4 is 4.90 Å². The molecule has 0 radical (unpaired) electrons. The lowest BCUT2D eigenvalue weighted by Crippen LogP contribution is -2.10. The summed E-state index contributed by atoms with van der Waals surface area (Å²) >= 11 is 0. The Balaban J connectivity index is 1.13. The van der Waals surface area contributed by atoms with Gasteiger partial charge < -0.3 is 4.90 Å². The molecule has 0 amide bonds. The Labute approximate surface area is 272 Å². The molecule has 1 nitrogen and oxygen atoms in total. The molecular weight excluding hydrogens is 555 g/mol. The van der Waals surface area contributed by atoms with Crippen LogP contribution >= 0.6 is 0 Å². The predicted molar refractivity (Wildman–Crippen MR) is 196 cm³/mol. The molecule has 7 aromatic rings. The van der Waals surface area contributed by atoms with Gasteiger partial charge in [0.05, 0.1) is 0 Å². The molecular formula is C45H37N. The van der Waals surface area contributed by atoms with Gasteiger partial charge in [-0.15, -0.1) is 0 Å². The first-order valence-corrected chi connectivity index (χ1v) is 16.5. The highest BCUT2D eigenvalue weighted by molar-refractivity contribution is 5.97. The normalized spacial score (nSPS) is 13.2. The molecule has 0 saturated heterocycles. The van der Waals surface area contributed by atoms with E-state index in [2.05, 4.69) is 175 Å². The maximum Gasteiger partial charge on any atom is 0.0462 e. The number of benzene rings is 7. The molecule has 1 heteroatoms. The van der Waals surface area contributed by atoms with Gasteiger partial charge in [0.15, 0.2) is 0 Å². The van der Waals surface area contributed by atoms with E-state index in [1.165, 1.54) is 81.1 Å². The molecule has 0 bridgehead atoms. The highest BCUT2D eigenvalue weighted by Crippen LogP contribution is 2.40. The number of nitrogens with zero attached hydrogens (tertiary/aromatic N) is 1. The molecule has 0 atom stereocenters. The fourth-order valence-electron chi connectivity index (χ4n) is 7.16. The first-order valence-electron chi connectivity index (χ1n) is 16.5. The Morgan fingerprint density at radius 1 is 0.370 bits per heavy atom. The SMILES string of the molecule is c1ccc(-c2ccc(-c3ccc(N(c4ccc(-c5cccc6ccccc56)cc4)c4ccc(C5CCCC5)cc4)cc3)cc2)cc1. The van der Waals surface area contributed by atoms with Gasteiger partial charge in [-0.05, 0) is 105 Å². The van der Waals surface area contributed by atoms with Crippen molar-refractivity contribution in [1.29, 1.82) is 0 Å². The summed E-state index contributed by atoms with van der Waals surface area (Å²) < 4.78 is 0. The van der Waals surface area contributed by atoms with Crippen LogP contribution in [0.25, 0.3) is 44.2 Å². The van der Waals surface area contributed by atoms with E-state index in [9.17, 15) is 0 Å². The first-order chi connectivity index (χ1) is 22.8. The van der Waals surface area contributed by atoms with Crippen LogP contribution in [0.15, 0.2) is 170 Å². The molecule has 1 fully saturated rings. The third-order valence-electron chi connectivity index (χ3n) is 9.65. The predicted octanol–water partition coefficient (Wildman–Crippen LogP) is 13.0. The van der Waals surface area contributed by atoms with Crippen molar-refractivity contribution >= 4 is 27.8 Å². The second kappa shape index (κ2) is 12.5. The van der Waals surface area contributed by atoms with Gasteiger partial charge in [-0.25, -0.2) is 0 Å². The first kappa shape index (κ1) is 28.1. The second-order valence-corrected chi connectivity index (χ2v) is 12.5.